The van der Waals surface area contributed by atoms with Crippen molar-refractivity contribution in [2.75, 3.05) is 0 Å². The lowest BCUT2D eigenvalue weighted by Crippen LogP contribution is -1.92. The van der Waals surface area contributed by atoms with Gasteiger partial charge in [0.05, 0.1) is 11.6 Å². The molecule has 0 unspecified atom stereocenters. The Morgan fingerprint density at radius 1 is 1.54 bits per heavy atom. The number of rotatable bonds is 3. The number of aldehydes is 1. The summed E-state index contributed by atoms with van der Waals surface area (Å²) < 4.78 is 0. The SMILES string of the molecule is N#Cc1cccc(Cl)c1CCC=O. The molecule has 0 spiro atoms. The molecule has 13 heavy (non-hydrogen) atoms. The Hall–Kier alpha value is -1.33. The molecule has 1 aromatic rings. The highest BCUT2D eigenvalue weighted by molar-refractivity contribution is 6.31. The van der Waals surface area contributed by atoms with E-state index in [-0.39, 0.29) is 0 Å². The molecule has 1 aromatic carbocycles. The topological polar surface area (TPSA) is 40.9 Å². The van der Waals surface area contributed by atoms with E-state index in [1.807, 2.05) is 6.07 Å². The fraction of sp³-hybridized carbons (Fsp3) is 0.200. The van der Waals surface area contributed by atoms with E-state index in [4.69, 9.17) is 16.9 Å². The largest absolute Gasteiger partial charge is 0.303 e. The van der Waals surface area contributed by atoms with Crippen LogP contribution in [-0.2, 0) is 11.2 Å². The van der Waals surface area contributed by atoms with E-state index in [2.05, 4.69) is 0 Å². The second-order valence-electron chi connectivity index (χ2n) is 2.58. The van der Waals surface area contributed by atoms with Gasteiger partial charge in [-0.05, 0) is 24.1 Å². The van der Waals surface area contributed by atoms with Crippen LogP contribution in [0.25, 0.3) is 0 Å². The van der Waals surface area contributed by atoms with Gasteiger partial charge in [-0.3, -0.25) is 0 Å². The Bertz CT molecular complexity index is 354. The summed E-state index contributed by atoms with van der Waals surface area (Å²) in [6, 6.07) is 7.20. The first-order chi connectivity index (χ1) is 6.29. The Balaban J connectivity index is 3.02. The van der Waals surface area contributed by atoms with Gasteiger partial charge in [-0.25, -0.2) is 0 Å². The molecule has 0 aliphatic heterocycles. The molecule has 0 radical (unpaired) electrons. The Morgan fingerprint density at radius 2 is 2.31 bits per heavy atom. The van der Waals surface area contributed by atoms with Crippen molar-refractivity contribution in [3.63, 3.8) is 0 Å². The van der Waals surface area contributed by atoms with Gasteiger partial charge in [0.1, 0.15) is 6.29 Å². The summed E-state index contributed by atoms with van der Waals surface area (Å²) in [6.45, 7) is 0. The van der Waals surface area contributed by atoms with Crippen molar-refractivity contribution in [3.8, 4) is 6.07 Å². The first kappa shape index (κ1) is 9.76. The molecule has 0 saturated carbocycles. The van der Waals surface area contributed by atoms with Crippen molar-refractivity contribution < 1.29 is 4.79 Å². The van der Waals surface area contributed by atoms with E-state index >= 15 is 0 Å². The fourth-order valence-electron chi connectivity index (χ4n) is 1.12. The van der Waals surface area contributed by atoms with Gasteiger partial charge in [-0.1, -0.05) is 17.7 Å². The Kier molecular flexibility index (Phi) is 3.48. The van der Waals surface area contributed by atoms with Crippen LogP contribution in [0.5, 0.6) is 0 Å². The number of halogens is 1. The molecule has 0 heterocycles. The molecule has 0 aliphatic rings. The van der Waals surface area contributed by atoms with E-state index in [1.165, 1.54) is 0 Å². The third-order valence-electron chi connectivity index (χ3n) is 1.75. The molecule has 0 N–H and O–H groups in total. The number of carbonyl (C=O) groups is 1. The molecule has 0 aliphatic carbocycles. The lowest BCUT2D eigenvalue weighted by atomic mass is 10.0. The molecular weight excluding hydrogens is 186 g/mol. The minimum absolute atomic E-state index is 0.401. The lowest BCUT2D eigenvalue weighted by Gasteiger charge is -2.02. The summed E-state index contributed by atoms with van der Waals surface area (Å²) in [4.78, 5) is 10.2. The number of carbonyl (C=O) groups excluding carboxylic acids is 1. The molecule has 0 bridgehead atoms. The predicted octanol–water partition coefficient (Wildman–Crippen LogP) is 2.34. The molecule has 0 saturated heterocycles. The monoisotopic (exact) mass is 193 g/mol. The van der Waals surface area contributed by atoms with Crippen molar-refractivity contribution in [2.45, 2.75) is 12.8 Å². The summed E-state index contributed by atoms with van der Waals surface area (Å²) in [7, 11) is 0. The smallest absolute Gasteiger partial charge is 0.120 e. The number of benzene rings is 1. The summed E-state index contributed by atoms with van der Waals surface area (Å²) in [6.07, 6.45) is 1.76. The number of nitrogens with zero attached hydrogens (tertiary/aromatic N) is 1. The number of nitriles is 1. The second-order valence-corrected chi connectivity index (χ2v) is 2.99. The van der Waals surface area contributed by atoms with Gasteiger partial charge in [0.25, 0.3) is 0 Å². The minimum atomic E-state index is 0.401. The van der Waals surface area contributed by atoms with Gasteiger partial charge < -0.3 is 4.79 Å². The molecule has 0 fully saturated rings. The fourth-order valence-corrected chi connectivity index (χ4v) is 1.39. The zero-order valence-electron chi connectivity index (χ0n) is 6.96. The van der Waals surface area contributed by atoms with E-state index in [1.54, 1.807) is 18.2 Å². The highest BCUT2D eigenvalue weighted by atomic mass is 35.5. The van der Waals surface area contributed by atoms with Crippen molar-refractivity contribution in [1.82, 2.24) is 0 Å². The zero-order valence-corrected chi connectivity index (χ0v) is 7.71. The summed E-state index contributed by atoms with van der Waals surface area (Å²) >= 11 is 5.88. The second kappa shape index (κ2) is 4.64. The van der Waals surface area contributed by atoms with Crippen LogP contribution in [0.3, 0.4) is 0 Å². The van der Waals surface area contributed by atoms with Crippen LogP contribution < -0.4 is 0 Å². The maximum atomic E-state index is 10.2. The highest BCUT2D eigenvalue weighted by Crippen LogP contribution is 2.20. The maximum Gasteiger partial charge on any atom is 0.120 e. The summed E-state index contributed by atoms with van der Waals surface area (Å²) in [5.41, 5.74) is 1.31. The lowest BCUT2D eigenvalue weighted by molar-refractivity contribution is -0.107. The van der Waals surface area contributed by atoms with Crippen LogP contribution >= 0.6 is 11.6 Å². The van der Waals surface area contributed by atoms with Gasteiger partial charge in [-0.15, -0.1) is 0 Å². The van der Waals surface area contributed by atoms with Gasteiger partial charge in [-0.2, -0.15) is 5.26 Å². The third-order valence-corrected chi connectivity index (χ3v) is 2.11. The van der Waals surface area contributed by atoms with Crippen molar-refractivity contribution in [3.05, 3.63) is 34.3 Å². The van der Waals surface area contributed by atoms with Gasteiger partial charge in [0.2, 0.25) is 0 Å². The molecule has 2 nitrogen and oxygen atoms in total. The van der Waals surface area contributed by atoms with E-state index in [0.29, 0.717) is 23.4 Å². The number of hydrogen-bond acceptors (Lipinski definition) is 2. The molecule has 1 rings (SSSR count). The summed E-state index contributed by atoms with van der Waals surface area (Å²) in [5.74, 6) is 0. The summed E-state index contributed by atoms with van der Waals surface area (Å²) in [5, 5.41) is 9.30. The van der Waals surface area contributed by atoms with Crippen LogP contribution in [0.1, 0.15) is 17.5 Å². The van der Waals surface area contributed by atoms with Crippen LogP contribution in [0.4, 0.5) is 0 Å². The van der Waals surface area contributed by atoms with Crippen molar-refractivity contribution >= 4 is 17.9 Å². The third kappa shape index (κ3) is 2.30. The molecule has 3 heteroatoms. The first-order valence-electron chi connectivity index (χ1n) is 3.90. The van der Waals surface area contributed by atoms with Crippen LogP contribution in [-0.4, -0.2) is 6.29 Å². The molecule has 0 amide bonds. The Morgan fingerprint density at radius 3 is 2.92 bits per heavy atom. The van der Waals surface area contributed by atoms with E-state index in [0.717, 1.165) is 11.8 Å². The predicted molar refractivity (Wildman–Crippen MR) is 50.6 cm³/mol. The molecular formula is C10H8ClNO. The van der Waals surface area contributed by atoms with Gasteiger partial charge in [0, 0.05) is 11.4 Å². The highest BCUT2D eigenvalue weighted by Gasteiger charge is 2.05. The van der Waals surface area contributed by atoms with Crippen LogP contribution in [0.15, 0.2) is 18.2 Å². The standard InChI is InChI=1S/C10H8ClNO/c11-10-5-1-3-8(7-12)9(10)4-2-6-13/h1,3,5-6H,2,4H2. The minimum Gasteiger partial charge on any atom is -0.303 e. The zero-order chi connectivity index (χ0) is 9.68. The Labute approximate surface area is 81.7 Å². The average molecular weight is 194 g/mol. The quantitative estimate of drug-likeness (QED) is 0.692. The normalized spacial score (nSPS) is 9.23. The molecule has 0 atom stereocenters. The maximum absolute atomic E-state index is 10.2. The molecule has 66 valence electrons. The van der Waals surface area contributed by atoms with Gasteiger partial charge >= 0.3 is 0 Å². The van der Waals surface area contributed by atoms with Crippen molar-refractivity contribution in [1.29, 1.82) is 5.26 Å². The number of hydrogen-bond donors (Lipinski definition) is 0. The first-order valence-corrected chi connectivity index (χ1v) is 4.28. The van der Waals surface area contributed by atoms with Crippen molar-refractivity contribution in [2.24, 2.45) is 0 Å². The van der Waals surface area contributed by atoms with Crippen LogP contribution in [0.2, 0.25) is 5.02 Å². The van der Waals surface area contributed by atoms with Crippen LogP contribution in [0, 0.1) is 11.3 Å². The average Bonchev–Trinajstić information content (AvgIpc) is 2.15. The van der Waals surface area contributed by atoms with E-state index < -0.39 is 0 Å². The molecule has 0 aromatic heterocycles. The van der Waals surface area contributed by atoms with E-state index in [9.17, 15) is 4.79 Å². The van der Waals surface area contributed by atoms with Gasteiger partial charge in [0.15, 0.2) is 0 Å².